The first-order valence-electron chi connectivity index (χ1n) is 3.34. The maximum Gasteiger partial charge on any atom is 0.171 e. The highest BCUT2D eigenvalue weighted by Gasteiger charge is 2.23. The Bertz CT molecular complexity index is 138. The molecule has 0 aromatic heterocycles. The van der Waals surface area contributed by atoms with Gasteiger partial charge in [0, 0.05) is 0 Å². The zero-order valence-corrected chi connectivity index (χ0v) is 6.40. The fourth-order valence-corrected chi connectivity index (χ4v) is 0.575. The van der Waals surface area contributed by atoms with Gasteiger partial charge in [0.2, 0.25) is 0 Å². The number of Topliss-reactive ketones (excluding diaryl/α,β-unsaturated/α-hetero) is 1. The summed E-state index contributed by atoms with van der Waals surface area (Å²) >= 11 is 0. The zero-order valence-electron chi connectivity index (χ0n) is 6.40. The van der Waals surface area contributed by atoms with E-state index in [2.05, 4.69) is 0 Å². The number of hydrogen-bond acceptors (Lipinski definition) is 5. The molecule has 0 radical (unpaired) electrons. The smallest absolute Gasteiger partial charge is 0.171 e. The van der Waals surface area contributed by atoms with Gasteiger partial charge in [-0.05, 0) is 6.92 Å². The van der Waals surface area contributed by atoms with Crippen molar-refractivity contribution < 1.29 is 15.0 Å². The number of nitrogens with two attached hydrogens (primary N) is 2. The van der Waals surface area contributed by atoms with E-state index in [0.717, 1.165) is 0 Å². The molecule has 0 bridgehead atoms. The molecule has 0 aliphatic heterocycles. The Balaban J connectivity index is 4.02. The van der Waals surface area contributed by atoms with E-state index in [0.29, 0.717) is 0 Å². The van der Waals surface area contributed by atoms with Crippen LogP contribution < -0.4 is 11.5 Å². The lowest BCUT2D eigenvalue weighted by Gasteiger charge is -2.16. The summed E-state index contributed by atoms with van der Waals surface area (Å²) in [4.78, 5) is 10.9. The maximum absolute atomic E-state index is 10.9. The molecule has 0 aromatic carbocycles. The average Bonchev–Trinajstić information content (AvgIpc) is 2.00. The molecule has 0 saturated heterocycles. The second-order valence-electron chi connectivity index (χ2n) is 2.46. The van der Waals surface area contributed by atoms with E-state index in [-0.39, 0.29) is 0 Å². The molecule has 5 nitrogen and oxygen atoms in total. The average molecular weight is 162 g/mol. The number of aliphatic hydroxyl groups is 2. The molecule has 0 aliphatic rings. The van der Waals surface area contributed by atoms with E-state index in [1.165, 1.54) is 6.92 Å². The van der Waals surface area contributed by atoms with Gasteiger partial charge < -0.3 is 21.7 Å². The Kier molecular flexibility index (Phi) is 4.20. The van der Waals surface area contributed by atoms with Gasteiger partial charge in [-0.1, -0.05) is 0 Å². The highest BCUT2D eigenvalue weighted by molar-refractivity contribution is 5.89. The molecule has 5 heteroatoms. The van der Waals surface area contributed by atoms with Crippen molar-refractivity contribution >= 4 is 5.78 Å². The molecule has 0 rings (SSSR count). The van der Waals surface area contributed by atoms with Crippen molar-refractivity contribution in [3.8, 4) is 0 Å². The molecule has 0 saturated carbocycles. The topological polar surface area (TPSA) is 110 Å². The lowest BCUT2D eigenvalue weighted by molar-refractivity contribution is -0.124. The second-order valence-corrected chi connectivity index (χ2v) is 2.46. The minimum atomic E-state index is -1.00. The van der Waals surface area contributed by atoms with Crippen LogP contribution in [0.25, 0.3) is 0 Å². The van der Waals surface area contributed by atoms with E-state index in [9.17, 15) is 4.79 Å². The summed E-state index contributed by atoms with van der Waals surface area (Å²) in [6.07, 6.45) is -0.930. The largest absolute Gasteiger partial charge is 0.394 e. The lowest BCUT2D eigenvalue weighted by atomic mass is 10.0. The van der Waals surface area contributed by atoms with Crippen molar-refractivity contribution in [2.75, 3.05) is 6.61 Å². The van der Waals surface area contributed by atoms with Gasteiger partial charge in [0.1, 0.15) is 0 Å². The van der Waals surface area contributed by atoms with Crippen LogP contribution in [-0.2, 0) is 4.79 Å². The minimum Gasteiger partial charge on any atom is -0.394 e. The number of aliphatic hydroxyl groups excluding tert-OH is 2. The maximum atomic E-state index is 10.9. The van der Waals surface area contributed by atoms with Crippen molar-refractivity contribution in [3.05, 3.63) is 0 Å². The quantitative estimate of drug-likeness (QED) is 0.368. The molecule has 3 atom stereocenters. The molecule has 0 amide bonds. The van der Waals surface area contributed by atoms with Gasteiger partial charge >= 0.3 is 0 Å². The predicted octanol–water partition coefficient (Wildman–Crippen LogP) is -2.42. The summed E-state index contributed by atoms with van der Waals surface area (Å²) in [5.74, 6) is -0.525. The zero-order chi connectivity index (χ0) is 9.02. The third kappa shape index (κ3) is 2.94. The number of ketones is 1. The molecule has 6 N–H and O–H groups in total. The van der Waals surface area contributed by atoms with Crippen LogP contribution >= 0.6 is 0 Å². The first kappa shape index (κ1) is 10.5. The third-order valence-corrected chi connectivity index (χ3v) is 1.41. The minimum absolute atomic E-state index is 0.445. The second kappa shape index (κ2) is 4.40. The van der Waals surface area contributed by atoms with Crippen molar-refractivity contribution in [1.82, 2.24) is 0 Å². The van der Waals surface area contributed by atoms with Crippen LogP contribution in [0.1, 0.15) is 6.92 Å². The van der Waals surface area contributed by atoms with Crippen LogP contribution in [0.15, 0.2) is 0 Å². The highest BCUT2D eigenvalue weighted by atomic mass is 16.3. The highest BCUT2D eigenvalue weighted by Crippen LogP contribution is 1.93. The van der Waals surface area contributed by atoms with E-state index >= 15 is 0 Å². The van der Waals surface area contributed by atoms with Gasteiger partial charge in [-0.2, -0.15) is 0 Å². The van der Waals surface area contributed by atoms with Crippen molar-refractivity contribution in [1.29, 1.82) is 0 Å². The molecule has 0 heterocycles. The first-order valence-corrected chi connectivity index (χ1v) is 3.34. The lowest BCUT2D eigenvalue weighted by Crippen LogP contribution is -2.50. The van der Waals surface area contributed by atoms with Crippen molar-refractivity contribution in [2.45, 2.75) is 25.1 Å². The Morgan fingerprint density at radius 2 is 2.00 bits per heavy atom. The molecule has 66 valence electrons. The molecule has 0 aliphatic carbocycles. The Morgan fingerprint density at radius 1 is 1.55 bits per heavy atom. The molecule has 11 heavy (non-hydrogen) atoms. The van der Waals surface area contributed by atoms with Crippen molar-refractivity contribution in [2.24, 2.45) is 11.5 Å². The van der Waals surface area contributed by atoms with Crippen LogP contribution in [0.4, 0.5) is 0 Å². The Labute approximate surface area is 65.0 Å². The fourth-order valence-electron chi connectivity index (χ4n) is 0.575. The summed E-state index contributed by atoms with van der Waals surface area (Å²) in [7, 11) is 0. The van der Waals surface area contributed by atoms with Gasteiger partial charge in [-0.25, -0.2) is 0 Å². The van der Waals surface area contributed by atoms with Crippen LogP contribution in [0.2, 0.25) is 0 Å². The SMILES string of the molecule is C[C@@H](O)[C@H](N)C(=O)[C@@H](N)CO. The van der Waals surface area contributed by atoms with Crippen LogP contribution in [-0.4, -0.2) is 40.8 Å². The van der Waals surface area contributed by atoms with Crippen LogP contribution in [0.5, 0.6) is 0 Å². The molecular formula is C6H14N2O3. The molecule has 0 fully saturated rings. The Morgan fingerprint density at radius 3 is 2.27 bits per heavy atom. The Hall–Kier alpha value is -0.490. The summed E-state index contributed by atoms with van der Waals surface area (Å²) in [5.41, 5.74) is 10.4. The van der Waals surface area contributed by atoms with Gasteiger partial charge in [0.15, 0.2) is 5.78 Å². The fraction of sp³-hybridized carbons (Fsp3) is 0.833. The summed E-state index contributed by atoms with van der Waals surface area (Å²) in [6, 6.07) is -1.99. The van der Waals surface area contributed by atoms with Crippen LogP contribution in [0, 0.1) is 0 Å². The number of rotatable bonds is 4. The van der Waals surface area contributed by atoms with E-state index < -0.39 is 30.6 Å². The van der Waals surface area contributed by atoms with E-state index in [4.69, 9.17) is 21.7 Å². The van der Waals surface area contributed by atoms with E-state index in [1.807, 2.05) is 0 Å². The summed E-state index contributed by atoms with van der Waals surface area (Å²) in [6.45, 7) is 0.950. The number of carbonyl (C=O) groups excluding carboxylic acids is 1. The molecule has 0 aromatic rings. The predicted molar refractivity (Wildman–Crippen MR) is 39.7 cm³/mol. The molecule has 0 spiro atoms. The van der Waals surface area contributed by atoms with Gasteiger partial charge in [0.25, 0.3) is 0 Å². The van der Waals surface area contributed by atoms with Gasteiger partial charge in [-0.3, -0.25) is 4.79 Å². The molecule has 0 unspecified atom stereocenters. The molecular weight excluding hydrogens is 148 g/mol. The standard InChI is InChI=1S/C6H14N2O3/c1-3(10)5(8)6(11)4(7)2-9/h3-5,9-10H,2,7-8H2,1H3/t3-,4+,5+/m1/s1. The van der Waals surface area contributed by atoms with Crippen LogP contribution in [0.3, 0.4) is 0 Å². The monoisotopic (exact) mass is 162 g/mol. The first-order chi connectivity index (χ1) is 5.00. The van der Waals surface area contributed by atoms with Gasteiger partial charge in [0.05, 0.1) is 24.8 Å². The van der Waals surface area contributed by atoms with E-state index in [1.54, 1.807) is 0 Å². The van der Waals surface area contributed by atoms with Gasteiger partial charge in [-0.15, -0.1) is 0 Å². The number of hydrogen-bond donors (Lipinski definition) is 4. The van der Waals surface area contributed by atoms with Crippen molar-refractivity contribution in [3.63, 3.8) is 0 Å². The summed E-state index contributed by atoms with van der Waals surface area (Å²) < 4.78 is 0. The number of carbonyl (C=O) groups is 1. The third-order valence-electron chi connectivity index (χ3n) is 1.41. The summed E-state index contributed by atoms with van der Waals surface area (Å²) in [5, 5.41) is 17.3. The normalized spacial score (nSPS) is 19.0.